The van der Waals surface area contributed by atoms with E-state index in [1.54, 1.807) is 17.5 Å². The van der Waals surface area contributed by atoms with Gasteiger partial charge in [0, 0.05) is 17.9 Å². The molecule has 3 aromatic rings. The van der Waals surface area contributed by atoms with Crippen molar-refractivity contribution in [3.63, 3.8) is 0 Å². The topological polar surface area (TPSA) is 114 Å². The van der Waals surface area contributed by atoms with E-state index in [9.17, 15) is 14.7 Å². The molecule has 3 rings (SSSR count). The van der Waals surface area contributed by atoms with Crippen molar-refractivity contribution in [2.45, 2.75) is 13.5 Å². The molecule has 0 aliphatic carbocycles. The Balaban J connectivity index is 1.72. The molecule has 2 amide bonds. The zero-order valence-corrected chi connectivity index (χ0v) is 17.3. The van der Waals surface area contributed by atoms with Crippen molar-refractivity contribution in [3.8, 4) is 23.0 Å². The Bertz CT molecular complexity index is 1030. The monoisotopic (exact) mass is 465 g/mol. The van der Waals surface area contributed by atoms with E-state index >= 15 is 0 Å². The van der Waals surface area contributed by atoms with Crippen LogP contribution in [0.4, 0.5) is 5.13 Å². The van der Waals surface area contributed by atoms with E-state index in [1.165, 1.54) is 37.5 Å². The number of ether oxygens (including phenoxy) is 1. The van der Waals surface area contributed by atoms with E-state index in [0.717, 1.165) is 0 Å². The van der Waals surface area contributed by atoms with Gasteiger partial charge in [0.15, 0.2) is 22.4 Å². The molecule has 0 bridgehead atoms. The van der Waals surface area contributed by atoms with E-state index in [1.807, 2.05) is 0 Å². The van der Waals surface area contributed by atoms with Crippen molar-refractivity contribution < 1.29 is 23.8 Å². The molecular weight excluding hydrogens is 450 g/mol. The SMILES string of the molecule is COc1cc(C(=O)Nc2nc(-c3ccc(CNC(C)=O)o3)cs2)cc(Br)c1O. The van der Waals surface area contributed by atoms with Crippen LogP contribution in [0.1, 0.15) is 23.0 Å². The zero-order valence-electron chi connectivity index (χ0n) is 14.9. The summed E-state index contributed by atoms with van der Waals surface area (Å²) in [4.78, 5) is 27.8. The summed E-state index contributed by atoms with van der Waals surface area (Å²) in [7, 11) is 1.40. The molecule has 0 aliphatic heterocycles. The number of aromatic hydroxyl groups is 1. The van der Waals surface area contributed by atoms with Gasteiger partial charge >= 0.3 is 0 Å². The maximum atomic E-state index is 12.5. The maximum absolute atomic E-state index is 12.5. The number of nitrogens with zero attached hydrogens (tertiary/aromatic N) is 1. The van der Waals surface area contributed by atoms with Gasteiger partial charge in [-0.25, -0.2) is 4.98 Å². The van der Waals surface area contributed by atoms with E-state index in [0.29, 0.717) is 38.9 Å². The lowest BCUT2D eigenvalue weighted by Crippen LogP contribution is -2.18. The summed E-state index contributed by atoms with van der Waals surface area (Å²) in [6.45, 7) is 1.72. The van der Waals surface area contributed by atoms with Crippen LogP contribution >= 0.6 is 27.3 Å². The molecule has 0 saturated heterocycles. The normalized spacial score (nSPS) is 10.5. The van der Waals surface area contributed by atoms with Gasteiger partial charge in [-0.15, -0.1) is 11.3 Å². The number of anilines is 1. The number of aromatic nitrogens is 1. The molecule has 0 atom stereocenters. The van der Waals surface area contributed by atoms with E-state index in [4.69, 9.17) is 9.15 Å². The first-order valence-electron chi connectivity index (χ1n) is 8.04. The molecule has 0 spiro atoms. The smallest absolute Gasteiger partial charge is 0.257 e. The lowest BCUT2D eigenvalue weighted by atomic mass is 10.2. The summed E-state index contributed by atoms with van der Waals surface area (Å²) >= 11 is 4.44. The first-order valence-corrected chi connectivity index (χ1v) is 9.71. The summed E-state index contributed by atoms with van der Waals surface area (Å²) in [6.07, 6.45) is 0. The number of carbonyl (C=O) groups excluding carboxylic acids is 2. The third kappa shape index (κ3) is 4.52. The lowest BCUT2D eigenvalue weighted by Gasteiger charge is -2.08. The second-order valence-electron chi connectivity index (χ2n) is 5.68. The minimum Gasteiger partial charge on any atom is -0.503 e. The number of thiazole rings is 1. The fourth-order valence-corrected chi connectivity index (χ4v) is 3.43. The summed E-state index contributed by atoms with van der Waals surface area (Å²) < 4.78 is 11.0. The number of rotatable bonds is 6. The largest absolute Gasteiger partial charge is 0.503 e. The first-order chi connectivity index (χ1) is 13.4. The molecule has 0 saturated carbocycles. The molecule has 0 unspecified atom stereocenters. The number of amides is 2. The Morgan fingerprint density at radius 3 is 2.86 bits per heavy atom. The highest BCUT2D eigenvalue weighted by molar-refractivity contribution is 9.10. The summed E-state index contributed by atoms with van der Waals surface area (Å²) in [5.74, 6) is 0.695. The standard InChI is InChI=1S/C18H16BrN3O5S/c1-9(23)20-7-11-3-4-14(27-11)13-8-28-18(21-13)22-17(25)10-5-12(19)16(24)15(6-10)26-2/h3-6,8,24H,7H2,1-2H3,(H,20,23)(H,21,22,25). The van der Waals surface area contributed by atoms with Gasteiger partial charge in [0.1, 0.15) is 11.5 Å². The van der Waals surface area contributed by atoms with Crippen LogP contribution in [0, 0.1) is 0 Å². The molecule has 3 N–H and O–H groups in total. The molecule has 0 aliphatic rings. The van der Waals surface area contributed by atoms with E-state index in [2.05, 4.69) is 31.5 Å². The predicted molar refractivity (Wildman–Crippen MR) is 108 cm³/mol. The third-order valence-electron chi connectivity index (χ3n) is 3.66. The van der Waals surface area contributed by atoms with Crippen molar-refractivity contribution in [1.29, 1.82) is 0 Å². The van der Waals surface area contributed by atoms with Crippen LogP contribution in [0.3, 0.4) is 0 Å². The number of phenols is 1. The van der Waals surface area contributed by atoms with Gasteiger partial charge in [-0.05, 0) is 40.2 Å². The highest BCUT2D eigenvalue weighted by Gasteiger charge is 2.16. The molecule has 10 heteroatoms. The molecule has 146 valence electrons. The molecular formula is C18H16BrN3O5S. The first kappa shape index (κ1) is 19.9. The zero-order chi connectivity index (χ0) is 20.3. The second kappa shape index (κ2) is 8.44. The molecule has 2 heterocycles. The van der Waals surface area contributed by atoms with Crippen LogP contribution in [0.25, 0.3) is 11.5 Å². The third-order valence-corrected chi connectivity index (χ3v) is 5.02. The van der Waals surface area contributed by atoms with Gasteiger partial charge in [-0.2, -0.15) is 0 Å². The van der Waals surface area contributed by atoms with Crippen LogP contribution in [-0.2, 0) is 11.3 Å². The number of hydrogen-bond acceptors (Lipinski definition) is 7. The molecule has 0 fully saturated rings. The van der Waals surface area contributed by atoms with Gasteiger partial charge in [0.25, 0.3) is 5.91 Å². The van der Waals surface area contributed by atoms with E-state index in [-0.39, 0.29) is 17.4 Å². The molecule has 1 aromatic carbocycles. The van der Waals surface area contributed by atoms with Crippen LogP contribution < -0.4 is 15.4 Å². The van der Waals surface area contributed by atoms with Gasteiger partial charge in [-0.3, -0.25) is 14.9 Å². The highest BCUT2D eigenvalue weighted by Crippen LogP contribution is 2.35. The number of nitrogens with one attached hydrogen (secondary N) is 2. The number of furan rings is 1. The van der Waals surface area contributed by atoms with Crippen LogP contribution in [0.5, 0.6) is 11.5 Å². The molecule has 8 nitrogen and oxygen atoms in total. The Morgan fingerprint density at radius 1 is 1.36 bits per heavy atom. The van der Waals surface area contributed by atoms with Crippen LogP contribution in [-0.4, -0.2) is 29.0 Å². The van der Waals surface area contributed by atoms with E-state index < -0.39 is 5.91 Å². The second-order valence-corrected chi connectivity index (χ2v) is 7.39. The van der Waals surface area contributed by atoms with Crippen LogP contribution in [0.15, 0.2) is 38.5 Å². The number of benzene rings is 1. The molecule has 28 heavy (non-hydrogen) atoms. The minimum absolute atomic E-state index is 0.0801. The Hall–Kier alpha value is -2.85. The Labute approximate surface area is 172 Å². The average molecular weight is 466 g/mol. The van der Waals surface area contributed by atoms with Gasteiger partial charge in [0.2, 0.25) is 5.91 Å². The van der Waals surface area contributed by atoms with Gasteiger partial charge < -0.3 is 19.6 Å². The van der Waals surface area contributed by atoms with Gasteiger partial charge in [0.05, 0.1) is 18.1 Å². The van der Waals surface area contributed by atoms with Crippen LogP contribution in [0.2, 0.25) is 0 Å². The molecule has 2 aromatic heterocycles. The average Bonchev–Trinajstić information content (AvgIpc) is 3.31. The fourth-order valence-electron chi connectivity index (χ4n) is 2.30. The Morgan fingerprint density at radius 2 is 2.14 bits per heavy atom. The summed E-state index contributed by atoms with van der Waals surface area (Å²) in [5.41, 5.74) is 0.868. The molecule has 0 radical (unpaired) electrons. The highest BCUT2D eigenvalue weighted by atomic mass is 79.9. The minimum atomic E-state index is -0.398. The predicted octanol–water partition coefficient (Wildman–Crippen LogP) is 3.77. The Kier molecular flexibility index (Phi) is 6.00. The number of halogens is 1. The summed E-state index contributed by atoms with van der Waals surface area (Å²) in [6, 6.07) is 6.43. The maximum Gasteiger partial charge on any atom is 0.257 e. The number of methoxy groups -OCH3 is 1. The van der Waals surface area contributed by atoms with Crippen molar-refractivity contribution >= 4 is 44.2 Å². The van der Waals surface area contributed by atoms with Crippen molar-refractivity contribution in [3.05, 3.63) is 45.4 Å². The van der Waals surface area contributed by atoms with Crippen molar-refractivity contribution in [2.75, 3.05) is 12.4 Å². The number of phenolic OH excluding ortho intramolecular Hbond substituents is 1. The van der Waals surface area contributed by atoms with Gasteiger partial charge in [-0.1, -0.05) is 0 Å². The quantitative estimate of drug-likeness (QED) is 0.510. The number of carbonyl (C=O) groups is 2. The van der Waals surface area contributed by atoms with Crippen molar-refractivity contribution in [1.82, 2.24) is 10.3 Å². The number of hydrogen-bond donors (Lipinski definition) is 3. The van der Waals surface area contributed by atoms with Crippen molar-refractivity contribution in [2.24, 2.45) is 0 Å². The lowest BCUT2D eigenvalue weighted by molar-refractivity contribution is -0.119. The summed E-state index contributed by atoms with van der Waals surface area (Å²) in [5, 5.41) is 17.4. The fraction of sp³-hybridized carbons (Fsp3) is 0.167.